The summed E-state index contributed by atoms with van der Waals surface area (Å²) in [7, 11) is 0. The van der Waals surface area contributed by atoms with Crippen LogP contribution < -0.4 is 5.73 Å². The summed E-state index contributed by atoms with van der Waals surface area (Å²) < 4.78 is 9.29. The summed E-state index contributed by atoms with van der Waals surface area (Å²) >= 11 is 0. The van der Waals surface area contributed by atoms with Gasteiger partial charge in [-0.05, 0) is 42.0 Å². The van der Waals surface area contributed by atoms with Crippen LogP contribution in [0.3, 0.4) is 0 Å². The van der Waals surface area contributed by atoms with E-state index in [9.17, 15) is 5.11 Å². The van der Waals surface area contributed by atoms with Gasteiger partial charge in [0.05, 0.1) is 13.5 Å². The van der Waals surface area contributed by atoms with Gasteiger partial charge in [-0.2, -0.15) is 0 Å². The molecule has 0 aliphatic rings. The third kappa shape index (κ3) is 2.29. The average molecular weight is 318 g/mol. The van der Waals surface area contributed by atoms with E-state index in [0.29, 0.717) is 28.4 Å². The summed E-state index contributed by atoms with van der Waals surface area (Å²) in [4.78, 5) is 13.3. The van der Waals surface area contributed by atoms with Crippen molar-refractivity contribution in [2.24, 2.45) is 0 Å². The Morgan fingerprint density at radius 3 is 2.54 bits per heavy atom. The molecule has 6 heteroatoms. The maximum atomic E-state index is 9.40. The van der Waals surface area contributed by atoms with E-state index in [-0.39, 0.29) is 0 Å². The van der Waals surface area contributed by atoms with E-state index in [4.69, 9.17) is 7.10 Å². The van der Waals surface area contributed by atoms with Gasteiger partial charge in [0, 0.05) is 18.1 Å². The number of pyridine rings is 2. The zero-order chi connectivity index (χ0) is 17.4. The summed E-state index contributed by atoms with van der Waals surface area (Å²) in [6.45, 7) is -1.26. The predicted molar refractivity (Wildman–Crippen MR) is 92.4 cm³/mol. The number of nitrogens with zero attached hydrogens (tertiary/aromatic N) is 4. The Morgan fingerprint density at radius 2 is 1.79 bits per heavy atom. The van der Waals surface area contributed by atoms with E-state index in [0.717, 1.165) is 11.2 Å². The van der Waals surface area contributed by atoms with Crippen LogP contribution in [0, 0.1) is 0 Å². The fourth-order valence-electron chi connectivity index (χ4n) is 2.65. The van der Waals surface area contributed by atoms with Crippen LogP contribution in [0.15, 0.2) is 60.9 Å². The number of fused-ring (bicyclic) bond motifs is 1. The molecule has 0 aliphatic heterocycles. The first-order valence-electron chi connectivity index (χ1n) is 7.98. The first-order chi connectivity index (χ1) is 12.1. The number of hydrogen-bond donors (Lipinski definition) is 2. The van der Waals surface area contributed by atoms with Gasteiger partial charge >= 0.3 is 0 Å². The molecule has 3 N–H and O–H groups in total. The highest BCUT2D eigenvalue weighted by Gasteiger charge is 2.17. The number of aliphatic hydroxyl groups excluding tert-OH is 1. The van der Waals surface area contributed by atoms with E-state index >= 15 is 0 Å². The Bertz CT molecular complexity index is 1040. The number of hydrogen-bond acceptors (Lipinski definition) is 5. The summed E-state index contributed by atoms with van der Waals surface area (Å²) in [5.74, 6) is 1.02. The van der Waals surface area contributed by atoms with Crippen LogP contribution in [0.5, 0.6) is 0 Å². The lowest BCUT2D eigenvalue weighted by Crippen LogP contribution is -2.02. The molecule has 4 rings (SSSR count). The van der Waals surface area contributed by atoms with Gasteiger partial charge in [-0.15, -0.1) is 0 Å². The Balaban J connectivity index is 1.98. The largest absolute Gasteiger partial charge is 0.392 e. The second-order valence-corrected chi connectivity index (χ2v) is 5.27. The van der Waals surface area contributed by atoms with Crippen LogP contribution in [0.4, 0.5) is 5.82 Å². The molecule has 3 heterocycles. The number of aliphatic hydroxyl groups is 1. The van der Waals surface area contributed by atoms with Crippen molar-refractivity contribution in [2.75, 3.05) is 5.73 Å². The van der Waals surface area contributed by atoms with Crippen molar-refractivity contribution >= 4 is 17.0 Å². The van der Waals surface area contributed by atoms with E-state index in [2.05, 4.69) is 15.0 Å². The molecule has 0 spiro atoms. The topological polar surface area (TPSA) is 89.8 Å². The highest BCUT2D eigenvalue weighted by Crippen LogP contribution is 2.29. The van der Waals surface area contributed by atoms with Crippen molar-refractivity contribution in [2.45, 2.75) is 6.58 Å². The van der Waals surface area contributed by atoms with Gasteiger partial charge < -0.3 is 10.8 Å². The normalized spacial score (nSPS) is 13.0. The lowest BCUT2D eigenvalue weighted by Gasteiger charge is -2.10. The van der Waals surface area contributed by atoms with Crippen molar-refractivity contribution < 1.29 is 6.48 Å². The number of benzene rings is 1. The molecule has 6 nitrogen and oxygen atoms in total. The molecule has 0 fully saturated rings. The Labute approximate surface area is 139 Å². The molecule has 1 aromatic carbocycles. The van der Waals surface area contributed by atoms with Crippen molar-refractivity contribution in [3.8, 4) is 17.1 Å². The first kappa shape index (κ1) is 13.2. The number of rotatable bonds is 3. The molecule has 0 aliphatic carbocycles. The van der Waals surface area contributed by atoms with Gasteiger partial charge in [0.15, 0.2) is 11.5 Å². The number of imidazole rings is 1. The minimum atomic E-state index is -1.26. The molecule has 0 saturated heterocycles. The second kappa shape index (κ2) is 5.75. The quantitative estimate of drug-likeness (QED) is 0.606. The monoisotopic (exact) mass is 318 g/mol. The summed E-state index contributed by atoms with van der Waals surface area (Å²) in [6.07, 6.45) is 3.34. The molecule has 118 valence electrons. The SMILES string of the molecule is [2H]C(O)c1ccc(-n2c(-c3cccnc3N)nc3cccnc32)cc1. The summed E-state index contributed by atoms with van der Waals surface area (Å²) in [5.41, 5.74) is 9.52. The lowest BCUT2D eigenvalue weighted by atomic mass is 10.2. The molecule has 1 unspecified atom stereocenters. The van der Waals surface area contributed by atoms with Gasteiger partial charge in [0.25, 0.3) is 0 Å². The van der Waals surface area contributed by atoms with Crippen molar-refractivity contribution in [1.29, 1.82) is 0 Å². The lowest BCUT2D eigenvalue weighted by molar-refractivity contribution is 0.282. The zero-order valence-electron chi connectivity index (χ0n) is 13.7. The smallest absolute Gasteiger partial charge is 0.164 e. The number of nitrogen functional groups attached to an aromatic ring is 1. The highest BCUT2D eigenvalue weighted by molar-refractivity contribution is 5.82. The van der Waals surface area contributed by atoms with Crippen LogP contribution in [-0.2, 0) is 6.58 Å². The van der Waals surface area contributed by atoms with Gasteiger partial charge in [0.1, 0.15) is 11.3 Å². The Kier molecular flexibility index (Phi) is 3.17. The molecular weight excluding hydrogens is 302 g/mol. The highest BCUT2D eigenvalue weighted by atomic mass is 16.3. The fraction of sp³-hybridized carbons (Fsp3) is 0.0556. The number of anilines is 1. The molecule has 24 heavy (non-hydrogen) atoms. The van der Waals surface area contributed by atoms with Crippen LogP contribution in [0.25, 0.3) is 28.2 Å². The van der Waals surface area contributed by atoms with Crippen molar-refractivity contribution in [3.63, 3.8) is 0 Å². The standard InChI is InChI=1S/C18H15N5O/c19-16-14(3-1-9-20-16)17-22-15-4-2-10-21-18(15)23(17)13-7-5-12(11-24)6-8-13/h1-10,24H,11H2,(H2,19,20)/i11D. The van der Waals surface area contributed by atoms with Gasteiger partial charge in [-0.25, -0.2) is 15.0 Å². The van der Waals surface area contributed by atoms with Gasteiger partial charge in [-0.3, -0.25) is 4.57 Å². The molecular formula is C18H15N5O. The predicted octanol–water partition coefficient (Wildman–Crippen LogP) is 2.56. The van der Waals surface area contributed by atoms with Crippen LogP contribution in [-0.4, -0.2) is 24.6 Å². The van der Waals surface area contributed by atoms with Gasteiger partial charge in [0.2, 0.25) is 0 Å². The number of nitrogens with two attached hydrogens (primary N) is 1. The zero-order valence-corrected chi connectivity index (χ0v) is 12.7. The summed E-state index contributed by atoms with van der Waals surface area (Å²) in [6, 6.07) is 14.4. The number of aromatic nitrogens is 4. The molecule has 0 bridgehead atoms. The maximum Gasteiger partial charge on any atom is 0.164 e. The van der Waals surface area contributed by atoms with Crippen molar-refractivity contribution in [1.82, 2.24) is 19.5 Å². The first-order valence-corrected chi connectivity index (χ1v) is 7.40. The molecule has 4 aromatic rings. The maximum absolute atomic E-state index is 9.40. The Morgan fingerprint density at radius 1 is 1.04 bits per heavy atom. The van der Waals surface area contributed by atoms with E-state index in [1.165, 1.54) is 0 Å². The second-order valence-electron chi connectivity index (χ2n) is 5.27. The third-order valence-electron chi connectivity index (χ3n) is 3.80. The minimum Gasteiger partial charge on any atom is -0.392 e. The summed E-state index contributed by atoms with van der Waals surface area (Å²) in [5, 5.41) is 9.40. The molecule has 0 saturated carbocycles. The van der Waals surface area contributed by atoms with E-state index in [1.54, 1.807) is 24.5 Å². The van der Waals surface area contributed by atoms with E-state index < -0.39 is 6.58 Å². The third-order valence-corrected chi connectivity index (χ3v) is 3.80. The fourth-order valence-corrected chi connectivity index (χ4v) is 2.65. The van der Waals surface area contributed by atoms with Crippen LogP contribution in [0.1, 0.15) is 6.93 Å². The van der Waals surface area contributed by atoms with Crippen molar-refractivity contribution in [3.05, 3.63) is 66.5 Å². The Hall–Kier alpha value is -3.25. The van der Waals surface area contributed by atoms with E-state index in [1.807, 2.05) is 41.0 Å². The molecule has 3 aromatic heterocycles. The van der Waals surface area contributed by atoms with Crippen LogP contribution in [0.2, 0.25) is 0 Å². The molecule has 1 atom stereocenters. The molecule has 0 radical (unpaired) electrons. The average Bonchev–Trinajstić information content (AvgIpc) is 3.01. The van der Waals surface area contributed by atoms with Gasteiger partial charge in [-0.1, -0.05) is 12.1 Å². The van der Waals surface area contributed by atoms with Crippen LogP contribution >= 0.6 is 0 Å². The molecule has 0 amide bonds. The minimum absolute atomic E-state index is 0.386.